The van der Waals surface area contributed by atoms with Crippen molar-refractivity contribution in [2.45, 2.75) is 0 Å². The Kier molecular flexibility index (Phi) is 6.88. The fourth-order valence-corrected chi connectivity index (χ4v) is 3.21. The van der Waals surface area contributed by atoms with Crippen LogP contribution in [0.1, 0.15) is 10.4 Å². The Morgan fingerprint density at radius 1 is 0.706 bits per heavy atom. The van der Waals surface area contributed by atoms with Crippen molar-refractivity contribution in [2.75, 3.05) is 26.6 Å². The van der Waals surface area contributed by atoms with Crippen LogP contribution in [0.5, 0.6) is 29.0 Å². The van der Waals surface area contributed by atoms with Crippen LogP contribution in [0.15, 0.2) is 79.1 Å². The molecule has 0 spiro atoms. The molecule has 1 aromatic heterocycles. The van der Waals surface area contributed by atoms with Crippen LogP contribution in [0.2, 0.25) is 0 Å². The van der Waals surface area contributed by atoms with Crippen LogP contribution < -0.4 is 24.3 Å². The van der Waals surface area contributed by atoms with E-state index in [0.29, 0.717) is 34.2 Å². The van der Waals surface area contributed by atoms with Gasteiger partial charge in [-0.1, -0.05) is 18.2 Å². The molecule has 4 rings (SSSR count). The Bertz CT molecular complexity index is 1270. The van der Waals surface area contributed by atoms with E-state index in [2.05, 4.69) is 15.3 Å². The number of nitrogens with one attached hydrogen (secondary N) is 1. The minimum atomic E-state index is -0.268. The standard InChI is InChI=1S/C26H23N3O5/c1-31-21-8-5-9-22(13-21)34-26-27-15-19(16-28-26)17-6-4-7-18(10-17)25(30)29-20-11-23(32-2)14-24(12-20)33-3/h4-16H,1-3H3,(H,29,30). The zero-order valence-corrected chi connectivity index (χ0v) is 18.9. The fraction of sp³-hybridized carbons (Fsp3) is 0.115. The van der Waals surface area contributed by atoms with Gasteiger partial charge in [-0.3, -0.25) is 4.79 Å². The highest BCUT2D eigenvalue weighted by Gasteiger charge is 2.11. The second-order valence-corrected chi connectivity index (χ2v) is 7.17. The number of ether oxygens (including phenoxy) is 4. The van der Waals surface area contributed by atoms with Crippen molar-refractivity contribution in [3.63, 3.8) is 0 Å². The summed E-state index contributed by atoms with van der Waals surface area (Å²) in [6.45, 7) is 0. The van der Waals surface area contributed by atoms with Crippen molar-refractivity contribution >= 4 is 11.6 Å². The topological polar surface area (TPSA) is 91.8 Å². The number of carbonyl (C=O) groups is 1. The van der Waals surface area contributed by atoms with Gasteiger partial charge in [-0.15, -0.1) is 0 Å². The number of nitrogens with zero attached hydrogens (tertiary/aromatic N) is 2. The molecule has 3 aromatic carbocycles. The van der Waals surface area contributed by atoms with Gasteiger partial charge in [0, 0.05) is 53.5 Å². The van der Waals surface area contributed by atoms with Crippen LogP contribution in [0.3, 0.4) is 0 Å². The molecule has 1 N–H and O–H groups in total. The number of amides is 1. The molecule has 0 bridgehead atoms. The lowest BCUT2D eigenvalue weighted by molar-refractivity contribution is 0.102. The predicted molar refractivity (Wildman–Crippen MR) is 128 cm³/mol. The highest BCUT2D eigenvalue weighted by Crippen LogP contribution is 2.27. The molecule has 4 aromatic rings. The number of carbonyl (C=O) groups excluding carboxylic acids is 1. The first kappa shape index (κ1) is 22.6. The molecule has 1 amide bonds. The fourth-order valence-electron chi connectivity index (χ4n) is 3.21. The normalized spacial score (nSPS) is 10.3. The molecule has 0 aliphatic rings. The molecular formula is C26H23N3O5. The maximum Gasteiger partial charge on any atom is 0.321 e. The van der Waals surface area contributed by atoms with E-state index in [1.807, 2.05) is 18.2 Å². The van der Waals surface area contributed by atoms with Gasteiger partial charge < -0.3 is 24.3 Å². The molecule has 0 aliphatic heterocycles. The lowest BCUT2D eigenvalue weighted by atomic mass is 10.1. The first-order valence-corrected chi connectivity index (χ1v) is 10.4. The predicted octanol–water partition coefficient (Wildman–Crippen LogP) is 5.21. The summed E-state index contributed by atoms with van der Waals surface area (Å²) in [4.78, 5) is 21.4. The Morgan fingerprint density at radius 2 is 1.32 bits per heavy atom. The molecule has 1 heterocycles. The maximum absolute atomic E-state index is 12.9. The average molecular weight is 457 g/mol. The van der Waals surface area contributed by atoms with E-state index >= 15 is 0 Å². The van der Waals surface area contributed by atoms with E-state index in [1.165, 1.54) is 0 Å². The SMILES string of the molecule is COc1cc(NC(=O)c2cccc(-c3cnc(Oc4cccc(OC)c4)nc3)c2)cc(OC)c1. The summed E-state index contributed by atoms with van der Waals surface area (Å²) in [5.41, 5.74) is 2.59. The summed E-state index contributed by atoms with van der Waals surface area (Å²) in [6, 6.07) is 19.8. The highest BCUT2D eigenvalue weighted by atomic mass is 16.5. The number of benzene rings is 3. The van der Waals surface area contributed by atoms with Gasteiger partial charge in [-0.2, -0.15) is 0 Å². The molecule has 8 nitrogen and oxygen atoms in total. The number of rotatable bonds is 8. The van der Waals surface area contributed by atoms with Crippen LogP contribution >= 0.6 is 0 Å². The van der Waals surface area contributed by atoms with Gasteiger partial charge in [0.15, 0.2) is 0 Å². The van der Waals surface area contributed by atoms with Crippen LogP contribution in [0.25, 0.3) is 11.1 Å². The van der Waals surface area contributed by atoms with Gasteiger partial charge in [0.2, 0.25) is 0 Å². The molecule has 0 radical (unpaired) electrons. The molecule has 0 aliphatic carbocycles. The van der Waals surface area contributed by atoms with Gasteiger partial charge in [-0.05, 0) is 29.8 Å². The smallest absolute Gasteiger partial charge is 0.321 e. The zero-order valence-electron chi connectivity index (χ0n) is 18.9. The molecule has 8 heteroatoms. The Hall–Kier alpha value is -4.59. The van der Waals surface area contributed by atoms with Crippen molar-refractivity contribution in [1.82, 2.24) is 9.97 Å². The van der Waals surface area contributed by atoms with Gasteiger partial charge in [0.05, 0.1) is 21.3 Å². The van der Waals surface area contributed by atoms with Crippen molar-refractivity contribution in [1.29, 1.82) is 0 Å². The van der Waals surface area contributed by atoms with E-state index in [-0.39, 0.29) is 11.9 Å². The van der Waals surface area contributed by atoms with E-state index in [0.717, 1.165) is 11.1 Å². The minimum Gasteiger partial charge on any atom is -0.497 e. The summed E-state index contributed by atoms with van der Waals surface area (Å²) in [6.07, 6.45) is 3.29. The molecule has 0 fully saturated rings. The second-order valence-electron chi connectivity index (χ2n) is 7.17. The molecule has 0 saturated carbocycles. The third-order valence-electron chi connectivity index (χ3n) is 4.95. The van der Waals surface area contributed by atoms with Crippen molar-refractivity contribution in [3.8, 4) is 40.1 Å². The maximum atomic E-state index is 12.9. The van der Waals surface area contributed by atoms with E-state index in [9.17, 15) is 4.79 Å². The van der Waals surface area contributed by atoms with Gasteiger partial charge >= 0.3 is 6.01 Å². The van der Waals surface area contributed by atoms with Crippen molar-refractivity contribution in [3.05, 3.63) is 84.7 Å². The highest BCUT2D eigenvalue weighted by molar-refractivity contribution is 6.05. The van der Waals surface area contributed by atoms with E-state index in [4.69, 9.17) is 18.9 Å². The molecule has 34 heavy (non-hydrogen) atoms. The van der Waals surface area contributed by atoms with Gasteiger partial charge in [-0.25, -0.2) is 9.97 Å². The van der Waals surface area contributed by atoms with Crippen molar-refractivity contribution in [2.24, 2.45) is 0 Å². The lowest BCUT2D eigenvalue weighted by Gasteiger charge is -2.11. The number of methoxy groups -OCH3 is 3. The molecule has 0 saturated heterocycles. The second kappa shape index (κ2) is 10.4. The van der Waals surface area contributed by atoms with Gasteiger partial charge in [0.25, 0.3) is 5.91 Å². The number of aromatic nitrogens is 2. The quantitative estimate of drug-likeness (QED) is 0.388. The molecule has 0 unspecified atom stereocenters. The molecular weight excluding hydrogens is 434 g/mol. The first-order valence-electron chi connectivity index (χ1n) is 10.4. The third kappa shape index (κ3) is 5.42. The largest absolute Gasteiger partial charge is 0.497 e. The molecule has 0 atom stereocenters. The minimum absolute atomic E-state index is 0.206. The van der Waals surface area contributed by atoms with Crippen LogP contribution in [-0.2, 0) is 0 Å². The summed E-state index contributed by atoms with van der Waals surface area (Å²) < 4.78 is 21.4. The van der Waals surface area contributed by atoms with Crippen molar-refractivity contribution < 1.29 is 23.7 Å². The van der Waals surface area contributed by atoms with Gasteiger partial charge in [0.1, 0.15) is 23.0 Å². The summed E-state index contributed by atoms with van der Waals surface area (Å²) in [5.74, 6) is 2.14. The summed E-state index contributed by atoms with van der Waals surface area (Å²) >= 11 is 0. The van der Waals surface area contributed by atoms with E-state index < -0.39 is 0 Å². The summed E-state index contributed by atoms with van der Waals surface area (Å²) in [7, 11) is 4.70. The zero-order chi connectivity index (χ0) is 23.9. The number of hydrogen-bond acceptors (Lipinski definition) is 7. The Labute approximate surface area is 197 Å². The Balaban J connectivity index is 1.49. The third-order valence-corrected chi connectivity index (χ3v) is 4.95. The summed E-state index contributed by atoms with van der Waals surface area (Å²) in [5, 5.41) is 2.87. The Morgan fingerprint density at radius 3 is 2.00 bits per heavy atom. The van der Waals surface area contributed by atoms with E-state index in [1.54, 1.807) is 82.3 Å². The lowest BCUT2D eigenvalue weighted by Crippen LogP contribution is -2.12. The molecule has 172 valence electrons. The monoisotopic (exact) mass is 457 g/mol. The van der Waals surface area contributed by atoms with Crippen LogP contribution in [0, 0.1) is 0 Å². The van der Waals surface area contributed by atoms with Crippen LogP contribution in [0.4, 0.5) is 5.69 Å². The first-order chi connectivity index (χ1) is 16.6. The average Bonchev–Trinajstić information content (AvgIpc) is 2.89. The number of hydrogen-bond donors (Lipinski definition) is 1. The van der Waals surface area contributed by atoms with Crippen LogP contribution in [-0.4, -0.2) is 37.2 Å². The number of anilines is 1.